The Kier molecular flexibility index (Phi) is 10.3. The predicted octanol–water partition coefficient (Wildman–Crippen LogP) is 3.21. The molecule has 2 atom stereocenters. The number of hydrogen-bond donors (Lipinski definition) is 4. The molecule has 0 aliphatic heterocycles. The zero-order valence-corrected chi connectivity index (χ0v) is 19.5. The van der Waals surface area contributed by atoms with Crippen LogP contribution in [0.25, 0.3) is 0 Å². The number of amides is 2. The van der Waals surface area contributed by atoms with Crippen LogP contribution in [0.15, 0.2) is 59.7 Å². The summed E-state index contributed by atoms with van der Waals surface area (Å²) >= 11 is 0. The van der Waals surface area contributed by atoms with Gasteiger partial charge in [-0.2, -0.15) is 0 Å². The molecule has 0 unspecified atom stereocenters. The number of anilines is 1. The Morgan fingerprint density at radius 2 is 1.59 bits per heavy atom. The van der Waals surface area contributed by atoms with Crippen molar-refractivity contribution in [2.75, 3.05) is 32.8 Å². The van der Waals surface area contributed by atoms with Gasteiger partial charge in [-0.3, -0.25) is 15.3 Å². The first-order valence-electron chi connectivity index (χ1n) is 10.4. The summed E-state index contributed by atoms with van der Waals surface area (Å²) < 4.78 is 21.9. The average Bonchev–Trinajstić information content (AvgIpc) is 2.87. The minimum atomic E-state index is -0.948. The number of hydrogen-bond acceptors (Lipinski definition) is 8. The number of aliphatic hydroxyl groups is 1. The highest BCUT2D eigenvalue weighted by Crippen LogP contribution is 2.31. The van der Waals surface area contributed by atoms with Crippen LogP contribution in [0.2, 0.25) is 0 Å². The number of carbonyl (C=O) groups is 2. The third-order valence-electron chi connectivity index (χ3n) is 5.13. The molecule has 0 heterocycles. The second-order valence-electron chi connectivity index (χ2n) is 7.23. The fourth-order valence-electron chi connectivity index (χ4n) is 3.16. The van der Waals surface area contributed by atoms with E-state index < -0.39 is 24.2 Å². The van der Waals surface area contributed by atoms with Gasteiger partial charge in [0.15, 0.2) is 6.10 Å². The topological polar surface area (TPSA) is 136 Å². The summed E-state index contributed by atoms with van der Waals surface area (Å²) in [5.41, 5.74) is 3.33. The first kappa shape index (κ1) is 26.7. The zero-order valence-electron chi connectivity index (χ0n) is 19.5. The second kappa shape index (κ2) is 13.2. The molecule has 10 nitrogen and oxygen atoms in total. The van der Waals surface area contributed by atoms with E-state index in [4.69, 9.17) is 29.3 Å². The first-order chi connectivity index (χ1) is 16.3. The molecular weight excluding hydrogens is 444 g/mol. The van der Waals surface area contributed by atoms with Crippen molar-refractivity contribution in [2.24, 2.45) is 0 Å². The average molecular weight is 475 g/mol. The van der Waals surface area contributed by atoms with Crippen molar-refractivity contribution < 1.29 is 38.9 Å². The van der Waals surface area contributed by atoms with Crippen molar-refractivity contribution in [3.8, 4) is 11.5 Å². The minimum absolute atomic E-state index is 0.124. The number of rotatable bonds is 11. The molecule has 0 saturated carbocycles. The third-order valence-corrected chi connectivity index (χ3v) is 5.13. The summed E-state index contributed by atoms with van der Waals surface area (Å²) in [6, 6.07) is 13.4. The summed E-state index contributed by atoms with van der Waals surface area (Å²) in [7, 11) is 2.97. The highest BCUT2D eigenvalue weighted by atomic mass is 16.6. The summed E-state index contributed by atoms with van der Waals surface area (Å²) in [4.78, 5) is 24.7. The molecule has 10 heteroatoms. The van der Waals surface area contributed by atoms with E-state index >= 15 is 0 Å². The van der Waals surface area contributed by atoms with Gasteiger partial charge in [0.25, 0.3) is 5.91 Å². The highest BCUT2D eigenvalue weighted by Gasteiger charge is 2.30. The number of aliphatic hydroxyl groups excluding tert-OH is 1. The molecule has 0 saturated heterocycles. The maximum absolute atomic E-state index is 12.8. The van der Waals surface area contributed by atoms with Crippen LogP contribution in [0.3, 0.4) is 0 Å². The van der Waals surface area contributed by atoms with Crippen LogP contribution >= 0.6 is 0 Å². The molecule has 184 valence electrons. The molecule has 0 aliphatic carbocycles. The van der Waals surface area contributed by atoms with Gasteiger partial charge in [0.05, 0.1) is 13.7 Å². The molecule has 0 aliphatic rings. The molecule has 0 spiro atoms. The monoisotopic (exact) mass is 474 g/mol. The Bertz CT molecular complexity index is 973. The summed E-state index contributed by atoms with van der Waals surface area (Å²) in [5.74, 6) is 0.461. The lowest BCUT2D eigenvalue weighted by Crippen LogP contribution is -2.31. The predicted molar refractivity (Wildman–Crippen MR) is 124 cm³/mol. The van der Waals surface area contributed by atoms with Crippen molar-refractivity contribution >= 4 is 17.7 Å². The second-order valence-corrected chi connectivity index (χ2v) is 7.23. The van der Waals surface area contributed by atoms with Gasteiger partial charge < -0.3 is 24.1 Å². The largest absolute Gasteiger partial charge is 0.497 e. The molecule has 2 amide bonds. The molecular formula is C24H30N2O8. The lowest BCUT2D eigenvalue weighted by atomic mass is 9.95. The van der Waals surface area contributed by atoms with Crippen LogP contribution in [0, 0.1) is 0 Å². The Morgan fingerprint density at radius 1 is 0.971 bits per heavy atom. The van der Waals surface area contributed by atoms with Gasteiger partial charge >= 0.3 is 6.09 Å². The SMILES string of the molecule is COc1ccc(NC(=O)O[C@H](c2ccc(OCCO)cc2)[C@H](OC)/C(C)=C(\C)C(=O)NO)cc1. The number of carbonyl (C=O) groups excluding carboxylic acids is 2. The van der Waals surface area contributed by atoms with Gasteiger partial charge in [-0.1, -0.05) is 12.1 Å². The first-order valence-corrected chi connectivity index (χ1v) is 10.4. The van der Waals surface area contributed by atoms with E-state index in [1.807, 2.05) is 0 Å². The summed E-state index contributed by atoms with van der Waals surface area (Å²) in [6.07, 6.45) is -2.53. The van der Waals surface area contributed by atoms with Gasteiger partial charge in [-0.05, 0) is 61.4 Å². The van der Waals surface area contributed by atoms with E-state index in [0.29, 0.717) is 28.3 Å². The standard InChI is InChI=1S/C24H30N2O8/c1-15(16(2)23(28)26-30)21(32-4)22(17-5-9-20(10-6-17)33-14-13-27)34-24(29)25-18-7-11-19(31-3)12-8-18/h5-12,21-22,27,30H,13-14H2,1-4H3,(H,25,29)(H,26,28)/b16-15+/t21-,22-/m1/s1. The van der Waals surface area contributed by atoms with Crippen molar-refractivity contribution in [1.82, 2.24) is 5.48 Å². The number of hydroxylamine groups is 1. The number of methoxy groups -OCH3 is 2. The van der Waals surface area contributed by atoms with Gasteiger partial charge in [0.2, 0.25) is 0 Å². The van der Waals surface area contributed by atoms with Crippen molar-refractivity contribution in [3.63, 3.8) is 0 Å². The smallest absolute Gasteiger partial charge is 0.412 e. The molecule has 0 bridgehead atoms. The van der Waals surface area contributed by atoms with Crippen LogP contribution in [0.1, 0.15) is 25.5 Å². The van der Waals surface area contributed by atoms with Crippen molar-refractivity contribution in [3.05, 3.63) is 65.2 Å². The van der Waals surface area contributed by atoms with Gasteiger partial charge in [-0.15, -0.1) is 0 Å². The van der Waals surface area contributed by atoms with E-state index in [9.17, 15) is 9.59 Å². The highest BCUT2D eigenvalue weighted by molar-refractivity contribution is 5.92. The third kappa shape index (κ3) is 7.20. The van der Waals surface area contributed by atoms with E-state index in [-0.39, 0.29) is 18.8 Å². The molecule has 2 aromatic rings. The minimum Gasteiger partial charge on any atom is -0.497 e. The van der Waals surface area contributed by atoms with Gasteiger partial charge in [0.1, 0.15) is 24.2 Å². The van der Waals surface area contributed by atoms with Crippen LogP contribution < -0.4 is 20.3 Å². The number of benzene rings is 2. The Labute approximate surface area is 198 Å². The van der Waals surface area contributed by atoms with E-state index in [0.717, 1.165) is 0 Å². The maximum atomic E-state index is 12.8. The number of ether oxygens (including phenoxy) is 4. The Morgan fingerprint density at radius 3 is 2.12 bits per heavy atom. The van der Waals surface area contributed by atoms with E-state index in [1.54, 1.807) is 68.0 Å². The molecule has 0 fully saturated rings. The molecule has 0 aromatic heterocycles. The van der Waals surface area contributed by atoms with Crippen LogP contribution in [-0.4, -0.2) is 55.9 Å². The summed E-state index contributed by atoms with van der Waals surface area (Å²) in [6.45, 7) is 3.19. The van der Waals surface area contributed by atoms with E-state index in [1.165, 1.54) is 14.0 Å². The van der Waals surface area contributed by atoms with Crippen molar-refractivity contribution in [1.29, 1.82) is 0 Å². The fourth-order valence-corrected chi connectivity index (χ4v) is 3.16. The Balaban J connectivity index is 2.35. The normalized spacial score (nSPS) is 13.2. The van der Waals surface area contributed by atoms with Crippen LogP contribution in [-0.2, 0) is 14.3 Å². The number of nitrogens with one attached hydrogen (secondary N) is 2. The summed E-state index contributed by atoms with van der Waals surface area (Å²) in [5, 5.41) is 20.6. The molecule has 34 heavy (non-hydrogen) atoms. The molecule has 4 N–H and O–H groups in total. The van der Waals surface area contributed by atoms with E-state index in [2.05, 4.69) is 5.32 Å². The lowest BCUT2D eigenvalue weighted by Gasteiger charge is -2.28. The Hall–Kier alpha value is -3.60. The van der Waals surface area contributed by atoms with Crippen LogP contribution in [0.5, 0.6) is 11.5 Å². The zero-order chi connectivity index (χ0) is 25.1. The van der Waals surface area contributed by atoms with Crippen molar-refractivity contribution in [2.45, 2.75) is 26.1 Å². The van der Waals surface area contributed by atoms with Gasteiger partial charge in [-0.25, -0.2) is 10.3 Å². The molecule has 2 rings (SSSR count). The molecule has 2 aromatic carbocycles. The maximum Gasteiger partial charge on any atom is 0.412 e. The van der Waals surface area contributed by atoms with Gasteiger partial charge in [0, 0.05) is 18.4 Å². The quantitative estimate of drug-likeness (QED) is 0.221. The molecule has 0 radical (unpaired) electrons. The lowest BCUT2D eigenvalue weighted by molar-refractivity contribution is -0.125. The van der Waals surface area contributed by atoms with Crippen LogP contribution in [0.4, 0.5) is 10.5 Å². The fraction of sp³-hybridized carbons (Fsp3) is 0.333.